The van der Waals surface area contributed by atoms with Crippen LogP contribution in [0.15, 0.2) is 36.5 Å². The second-order valence-electron chi connectivity index (χ2n) is 5.38. The summed E-state index contributed by atoms with van der Waals surface area (Å²) in [6.07, 6.45) is 2.46. The predicted molar refractivity (Wildman–Crippen MR) is 71.2 cm³/mol. The van der Waals surface area contributed by atoms with Crippen molar-refractivity contribution >= 4 is 11.8 Å². The number of nitrogens with one attached hydrogen (secondary N) is 1. The van der Waals surface area contributed by atoms with Gasteiger partial charge in [-0.2, -0.15) is 5.10 Å². The number of aromatic nitrogens is 2. The monoisotopic (exact) mass is 267 g/mol. The van der Waals surface area contributed by atoms with Crippen molar-refractivity contribution in [2.45, 2.75) is 13.0 Å². The first-order chi connectivity index (χ1) is 9.74. The van der Waals surface area contributed by atoms with E-state index < -0.39 is 0 Å². The highest BCUT2D eigenvalue weighted by molar-refractivity contribution is 6.08. The molecular weight excluding hydrogens is 254 g/mol. The number of imide groups is 1. The molecule has 1 N–H and O–H groups in total. The average Bonchev–Trinajstić information content (AvgIpc) is 3.01. The first-order valence-electron chi connectivity index (χ1n) is 6.68. The molecule has 2 aromatic rings. The number of carbonyl (C=O) groups is 2. The SMILES string of the molecule is O=C1C2CC2C(=O)N1Cc1ccc(-c2ccn[nH]2)cc1. The van der Waals surface area contributed by atoms with Crippen LogP contribution in [0.2, 0.25) is 0 Å². The Labute approximate surface area is 115 Å². The van der Waals surface area contributed by atoms with Crippen molar-refractivity contribution in [1.29, 1.82) is 0 Å². The third-order valence-corrected chi connectivity index (χ3v) is 4.06. The zero-order valence-electron chi connectivity index (χ0n) is 10.7. The van der Waals surface area contributed by atoms with E-state index in [1.54, 1.807) is 6.20 Å². The molecule has 2 fully saturated rings. The topological polar surface area (TPSA) is 66.1 Å². The number of piperidine rings is 1. The molecule has 1 saturated carbocycles. The number of aromatic amines is 1. The van der Waals surface area contributed by atoms with E-state index in [1.165, 1.54) is 4.90 Å². The zero-order valence-corrected chi connectivity index (χ0v) is 10.7. The number of rotatable bonds is 3. The molecule has 5 nitrogen and oxygen atoms in total. The fourth-order valence-electron chi connectivity index (χ4n) is 2.79. The first-order valence-corrected chi connectivity index (χ1v) is 6.68. The fourth-order valence-corrected chi connectivity index (χ4v) is 2.79. The van der Waals surface area contributed by atoms with Gasteiger partial charge in [0.05, 0.1) is 24.1 Å². The number of hydrogen-bond acceptors (Lipinski definition) is 3. The van der Waals surface area contributed by atoms with Gasteiger partial charge in [-0.1, -0.05) is 24.3 Å². The van der Waals surface area contributed by atoms with Crippen molar-refractivity contribution < 1.29 is 9.59 Å². The summed E-state index contributed by atoms with van der Waals surface area (Å²) < 4.78 is 0. The van der Waals surface area contributed by atoms with Gasteiger partial charge in [0, 0.05) is 6.20 Å². The molecule has 2 amide bonds. The summed E-state index contributed by atoms with van der Waals surface area (Å²) in [6.45, 7) is 0.383. The van der Waals surface area contributed by atoms with Gasteiger partial charge in [-0.15, -0.1) is 0 Å². The molecule has 1 saturated heterocycles. The van der Waals surface area contributed by atoms with Crippen molar-refractivity contribution in [3.63, 3.8) is 0 Å². The summed E-state index contributed by atoms with van der Waals surface area (Å²) >= 11 is 0. The molecule has 2 unspecified atom stereocenters. The maximum Gasteiger partial charge on any atom is 0.233 e. The van der Waals surface area contributed by atoms with Crippen molar-refractivity contribution in [3.8, 4) is 11.3 Å². The highest BCUT2D eigenvalue weighted by atomic mass is 16.2. The second kappa shape index (κ2) is 4.03. The predicted octanol–water partition coefficient (Wildman–Crippen LogP) is 1.58. The Morgan fingerprint density at radius 1 is 1.10 bits per heavy atom. The largest absolute Gasteiger partial charge is 0.278 e. The molecule has 0 bridgehead atoms. The standard InChI is InChI=1S/C15H13N3O2/c19-14-11-7-12(11)15(20)18(14)8-9-1-3-10(4-2-9)13-5-6-16-17-13/h1-6,11-12H,7-8H2,(H,16,17). The minimum absolute atomic E-state index is 0.00218. The molecule has 1 aliphatic heterocycles. The normalized spacial score (nSPS) is 24.1. The molecule has 1 aromatic carbocycles. The second-order valence-corrected chi connectivity index (χ2v) is 5.38. The van der Waals surface area contributed by atoms with Gasteiger partial charge in [0.25, 0.3) is 0 Å². The minimum Gasteiger partial charge on any atom is -0.278 e. The van der Waals surface area contributed by atoms with E-state index in [-0.39, 0.29) is 23.7 Å². The van der Waals surface area contributed by atoms with E-state index in [0.717, 1.165) is 23.2 Å². The Kier molecular flexibility index (Phi) is 2.30. The van der Waals surface area contributed by atoms with Gasteiger partial charge >= 0.3 is 0 Å². The van der Waals surface area contributed by atoms with Crippen LogP contribution in [0.1, 0.15) is 12.0 Å². The van der Waals surface area contributed by atoms with Crippen LogP contribution in [-0.4, -0.2) is 26.9 Å². The van der Waals surface area contributed by atoms with Crippen LogP contribution in [0, 0.1) is 11.8 Å². The summed E-state index contributed by atoms with van der Waals surface area (Å²) in [5.74, 6) is -0.0474. The summed E-state index contributed by atoms with van der Waals surface area (Å²) in [4.78, 5) is 25.2. The van der Waals surface area contributed by atoms with E-state index in [9.17, 15) is 9.59 Å². The third-order valence-electron chi connectivity index (χ3n) is 4.06. The number of likely N-dealkylation sites (tertiary alicyclic amines) is 1. The lowest BCUT2D eigenvalue weighted by atomic mass is 10.1. The Balaban J connectivity index is 1.52. The van der Waals surface area contributed by atoms with Crippen LogP contribution in [0.25, 0.3) is 11.3 Å². The minimum atomic E-state index is -0.0215. The van der Waals surface area contributed by atoms with E-state index in [1.807, 2.05) is 30.3 Å². The van der Waals surface area contributed by atoms with Crippen LogP contribution in [0.5, 0.6) is 0 Å². The van der Waals surface area contributed by atoms with Crippen LogP contribution >= 0.6 is 0 Å². The number of nitrogens with zero attached hydrogens (tertiary/aromatic N) is 2. The van der Waals surface area contributed by atoms with Crippen molar-refractivity contribution in [3.05, 3.63) is 42.1 Å². The highest BCUT2D eigenvalue weighted by Gasteiger charge is 2.58. The van der Waals surface area contributed by atoms with E-state index in [0.29, 0.717) is 6.54 Å². The van der Waals surface area contributed by atoms with Gasteiger partial charge in [-0.3, -0.25) is 19.6 Å². The van der Waals surface area contributed by atoms with Crippen molar-refractivity contribution in [2.24, 2.45) is 11.8 Å². The fraction of sp³-hybridized carbons (Fsp3) is 0.267. The van der Waals surface area contributed by atoms with E-state index in [4.69, 9.17) is 0 Å². The molecule has 4 rings (SSSR count). The lowest BCUT2D eigenvalue weighted by Crippen LogP contribution is -2.32. The lowest BCUT2D eigenvalue weighted by Gasteiger charge is -2.16. The maximum absolute atomic E-state index is 11.9. The molecule has 2 atom stereocenters. The molecule has 100 valence electrons. The number of benzene rings is 1. The number of fused-ring (bicyclic) bond motifs is 1. The Bertz CT molecular complexity index is 656. The Morgan fingerprint density at radius 2 is 1.80 bits per heavy atom. The van der Waals surface area contributed by atoms with Gasteiger partial charge in [0.15, 0.2) is 0 Å². The van der Waals surface area contributed by atoms with Gasteiger partial charge in [-0.25, -0.2) is 0 Å². The van der Waals surface area contributed by atoms with Crippen LogP contribution in [0.3, 0.4) is 0 Å². The highest BCUT2D eigenvalue weighted by Crippen LogP contribution is 2.47. The van der Waals surface area contributed by atoms with Crippen molar-refractivity contribution in [1.82, 2.24) is 15.1 Å². The van der Waals surface area contributed by atoms with Crippen LogP contribution in [0.4, 0.5) is 0 Å². The molecular formula is C15H13N3O2. The number of H-pyrrole nitrogens is 1. The number of hydrogen-bond donors (Lipinski definition) is 1. The number of amides is 2. The average molecular weight is 267 g/mol. The molecule has 0 radical (unpaired) electrons. The van der Waals surface area contributed by atoms with E-state index in [2.05, 4.69) is 10.2 Å². The summed E-state index contributed by atoms with van der Waals surface area (Å²) in [7, 11) is 0. The van der Waals surface area contributed by atoms with Gasteiger partial charge in [0.2, 0.25) is 11.8 Å². The van der Waals surface area contributed by atoms with Crippen LogP contribution in [-0.2, 0) is 16.1 Å². The van der Waals surface area contributed by atoms with Crippen molar-refractivity contribution in [2.75, 3.05) is 0 Å². The number of carbonyl (C=O) groups excluding carboxylic acids is 2. The molecule has 20 heavy (non-hydrogen) atoms. The molecule has 2 heterocycles. The molecule has 5 heteroatoms. The van der Waals surface area contributed by atoms with Gasteiger partial charge in [0.1, 0.15) is 0 Å². The Hall–Kier alpha value is -2.43. The molecule has 2 aliphatic rings. The van der Waals surface area contributed by atoms with Gasteiger partial charge < -0.3 is 0 Å². The first kappa shape index (κ1) is 11.4. The quantitative estimate of drug-likeness (QED) is 0.859. The molecule has 1 aliphatic carbocycles. The maximum atomic E-state index is 11.9. The smallest absolute Gasteiger partial charge is 0.233 e. The summed E-state index contributed by atoms with van der Waals surface area (Å²) in [6, 6.07) is 9.72. The third kappa shape index (κ3) is 1.66. The van der Waals surface area contributed by atoms with Crippen LogP contribution < -0.4 is 0 Å². The summed E-state index contributed by atoms with van der Waals surface area (Å²) in [5, 5.41) is 6.82. The van der Waals surface area contributed by atoms with Gasteiger partial charge in [-0.05, 0) is 23.6 Å². The lowest BCUT2D eigenvalue weighted by molar-refractivity contribution is -0.142. The summed E-state index contributed by atoms with van der Waals surface area (Å²) in [5.41, 5.74) is 2.95. The molecule has 1 aromatic heterocycles. The Morgan fingerprint density at radius 3 is 2.40 bits per heavy atom. The molecule has 0 spiro atoms. The zero-order chi connectivity index (χ0) is 13.7. The van der Waals surface area contributed by atoms with E-state index >= 15 is 0 Å².